The van der Waals surface area contributed by atoms with Crippen LogP contribution in [0.3, 0.4) is 0 Å². The van der Waals surface area contributed by atoms with Crippen LogP contribution in [0.15, 0.2) is 64.0 Å². The number of fused-ring (bicyclic) bond motifs is 1. The molecule has 0 spiro atoms. The van der Waals surface area contributed by atoms with E-state index in [1.54, 1.807) is 12.3 Å². The Morgan fingerprint density at radius 2 is 1.90 bits per heavy atom. The number of hydrogen-bond donors (Lipinski definition) is 1. The number of nitrogens with zero attached hydrogens (tertiary/aromatic N) is 2. The molecule has 0 aliphatic rings. The standard InChI is InChI=1S/C16H14BrN3O/c17-13-6-4-12(5-7-13)10-18-11-14-9-16(21)20-8-2-1-3-15(20)19-14/h1-9,18H,10-11H2. The van der Waals surface area contributed by atoms with Gasteiger partial charge >= 0.3 is 0 Å². The normalized spacial score (nSPS) is 10.9. The van der Waals surface area contributed by atoms with Crippen molar-refractivity contribution >= 4 is 21.6 Å². The summed E-state index contributed by atoms with van der Waals surface area (Å²) in [5.41, 5.74) is 2.56. The summed E-state index contributed by atoms with van der Waals surface area (Å²) in [6.45, 7) is 1.31. The fourth-order valence-electron chi connectivity index (χ4n) is 2.13. The van der Waals surface area contributed by atoms with Crippen molar-refractivity contribution in [3.8, 4) is 0 Å². The maximum Gasteiger partial charge on any atom is 0.258 e. The minimum atomic E-state index is -0.0546. The van der Waals surface area contributed by atoms with Crippen LogP contribution >= 0.6 is 15.9 Å². The lowest BCUT2D eigenvalue weighted by Crippen LogP contribution is -2.19. The maximum absolute atomic E-state index is 12.0. The molecule has 2 heterocycles. The van der Waals surface area contributed by atoms with E-state index < -0.39 is 0 Å². The third-order valence-corrected chi connectivity index (χ3v) is 3.70. The zero-order valence-electron chi connectivity index (χ0n) is 11.3. The van der Waals surface area contributed by atoms with Crippen molar-refractivity contribution in [1.29, 1.82) is 0 Å². The number of pyridine rings is 1. The second-order valence-electron chi connectivity index (χ2n) is 4.74. The summed E-state index contributed by atoms with van der Waals surface area (Å²) in [5.74, 6) is 0. The Morgan fingerprint density at radius 3 is 2.71 bits per heavy atom. The van der Waals surface area contributed by atoms with Crippen molar-refractivity contribution in [2.45, 2.75) is 13.1 Å². The average molecular weight is 344 g/mol. The van der Waals surface area contributed by atoms with Crippen molar-refractivity contribution in [1.82, 2.24) is 14.7 Å². The molecule has 0 bridgehead atoms. The monoisotopic (exact) mass is 343 g/mol. The van der Waals surface area contributed by atoms with Gasteiger partial charge < -0.3 is 5.32 Å². The van der Waals surface area contributed by atoms with Gasteiger partial charge in [-0.1, -0.05) is 34.1 Å². The smallest absolute Gasteiger partial charge is 0.258 e. The van der Waals surface area contributed by atoms with Gasteiger partial charge in [-0.15, -0.1) is 0 Å². The fraction of sp³-hybridized carbons (Fsp3) is 0.125. The molecular formula is C16H14BrN3O. The molecule has 0 atom stereocenters. The largest absolute Gasteiger partial charge is 0.307 e. The zero-order chi connectivity index (χ0) is 14.7. The first-order chi connectivity index (χ1) is 10.2. The van der Waals surface area contributed by atoms with Crippen LogP contribution in [0.1, 0.15) is 11.3 Å². The topological polar surface area (TPSA) is 46.4 Å². The Morgan fingerprint density at radius 1 is 1.10 bits per heavy atom. The average Bonchev–Trinajstić information content (AvgIpc) is 2.49. The van der Waals surface area contributed by atoms with Gasteiger partial charge in [-0.05, 0) is 29.8 Å². The van der Waals surface area contributed by atoms with Gasteiger partial charge in [0, 0.05) is 29.8 Å². The summed E-state index contributed by atoms with van der Waals surface area (Å²) in [5, 5.41) is 3.30. The molecule has 3 aromatic rings. The predicted molar refractivity (Wildman–Crippen MR) is 86.1 cm³/mol. The van der Waals surface area contributed by atoms with E-state index in [1.165, 1.54) is 9.96 Å². The first kappa shape index (κ1) is 14.0. The van der Waals surface area contributed by atoms with Crippen LogP contribution in [0.4, 0.5) is 0 Å². The number of halogens is 1. The van der Waals surface area contributed by atoms with Crippen molar-refractivity contribution in [2.24, 2.45) is 0 Å². The molecule has 0 radical (unpaired) electrons. The van der Waals surface area contributed by atoms with Crippen LogP contribution in [-0.2, 0) is 13.1 Å². The molecule has 21 heavy (non-hydrogen) atoms. The molecule has 4 nitrogen and oxygen atoms in total. The maximum atomic E-state index is 12.0. The fourth-order valence-corrected chi connectivity index (χ4v) is 2.40. The summed E-state index contributed by atoms with van der Waals surface area (Å²) in [6.07, 6.45) is 1.73. The second kappa shape index (κ2) is 6.20. The van der Waals surface area contributed by atoms with Crippen molar-refractivity contribution in [3.05, 3.63) is 80.8 Å². The summed E-state index contributed by atoms with van der Waals surface area (Å²) < 4.78 is 2.61. The van der Waals surface area contributed by atoms with E-state index in [-0.39, 0.29) is 5.56 Å². The van der Waals surface area contributed by atoms with Crippen LogP contribution in [0.5, 0.6) is 0 Å². The van der Waals surface area contributed by atoms with Gasteiger partial charge in [0.1, 0.15) is 5.65 Å². The minimum Gasteiger partial charge on any atom is -0.307 e. The molecule has 2 aromatic heterocycles. The summed E-state index contributed by atoms with van der Waals surface area (Å²) in [4.78, 5) is 16.4. The molecule has 3 rings (SSSR count). The molecule has 0 saturated heterocycles. The highest BCUT2D eigenvalue weighted by atomic mass is 79.9. The van der Waals surface area contributed by atoms with E-state index in [0.717, 1.165) is 16.7 Å². The predicted octanol–water partition coefficient (Wildman–Crippen LogP) is 2.75. The van der Waals surface area contributed by atoms with E-state index in [2.05, 4.69) is 38.4 Å². The first-order valence-electron chi connectivity index (χ1n) is 6.65. The SMILES string of the molecule is O=c1cc(CNCc2ccc(Br)cc2)nc2ccccn12. The Bertz CT molecular complexity index is 812. The number of benzene rings is 1. The van der Waals surface area contributed by atoms with Crippen molar-refractivity contribution in [2.75, 3.05) is 0 Å². The van der Waals surface area contributed by atoms with Crippen LogP contribution < -0.4 is 10.9 Å². The number of rotatable bonds is 4. The molecule has 0 saturated carbocycles. The lowest BCUT2D eigenvalue weighted by atomic mass is 10.2. The Hall–Kier alpha value is -1.98. The van der Waals surface area contributed by atoms with Gasteiger partial charge in [0.15, 0.2) is 0 Å². The van der Waals surface area contributed by atoms with Crippen LogP contribution in [-0.4, -0.2) is 9.38 Å². The van der Waals surface area contributed by atoms with Crippen molar-refractivity contribution < 1.29 is 0 Å². The second-order valence-corrected chi connectivity index (χ2v) is 5.66. The molecule has 0 fully saturated rings. The molecule has 0 unspecified atom stereocenters. The van der Waals surface area contributed by atoms with E-state index in [9.17, 15) is 4.79 Å². The zero-order valence-corrected chi connectivity index (χ0v) is 12.9. The van der Waals surface area contributed by atoms with Gasteiger partial charge in [-0.25, -0.2) is 4.98 Å². The molecule has 5 heteroatoms. The summed E-state index contributed by atoms with van der Waals surface area (Å²) in [7, 11) is 0. The molecule has 106 valence electrons. The van der Waals surface area contributed by atoms with Gasteiger partial charge in [0.25, 0.3) is 5.56 Å². The van der Waals surface area contributed by atoms with Gasteiger partial charge in [0.2, 0.25) is 0 Å². The van der Waals surface area contributed by atoms with Gasteiger partial charge in [0.05, 0.1) is 5.69 Å². The van der Waals surface area contributed by atoms with Crippen LogP contribution in [0, 0.1) is 0 Å². The number of aromatic nitrogens is 2. The van der Waals surface area contributed by atoms with Crippen LogP contribution in [0.2, 0.25) is 0 Å². The van der Waals surface area contributed by atoms with Crippen LogP contribution in [0.25, 0.3) is 5.65 Å². The molecular weight excluding hydrogens is 330 g/mol. The third kappa shape index (κ3) is 3.37. The number of nitrogens with one attached hydrogen (secondary N) is 1. The highest BCUT2D eigenvalue weighted by Gasteiger charge is 2.01. The van der Waals surface area contributed by atoms with Gasteiger partial charge in [-0.3, -0.25) is 9.20 Å². The number of hydrogen-bond acceptors (Lipinski definition) is 3. The van der Waals surface area contributed by atoms with E-state index in [0.29, 0.717) is 12.2 Å². The molecule has 1 N–H and O–H groups in total. The lowest BCUT2D eigenvalue weighted by Gasteiger charge is -2.06. The Kier molecular flexibility index (Phi) is 4.13. The Labute approximate surface area is 130 Å². The highest BCUT2D eigenvalue weighted by Crippen LogP contribution is 2.10. The van der Waals surface area contributed by atoms with Crippen molar-refractivity contribution in [3.63, 3.8) is 0 Å². The highest BCUT2D eigenvalue weighted by molar-refractivity contribution is 9.10. The minimum absolute atomic E-state index is 0.0546. The van der Waals surface area contributed by atoms with E-state index >= 15 is 0 Å². The molecule has 0 amide bonds. The summed E-state index contributed by atoms with van der Waals surface area (Å²) >= 11 is 3.41. The van der Waals surface area contributed by atoms with Gasteiger partial charge in [-0.2, -0.15) is 0 Å². The molecule has 0 aliphatic heterocycles. The van der Waals surface area contributed by atoms with E-state index in [1.807, 2.05) is 30.3 Å². The third-order valence-electron chi connectivity index (χ3n) is 3.17. The Balaban J connectivity index is 1.70. The lowest BCUT2D eigenvalue weighted by molar-refractivity contribution is 0.678. The molecule has 0 aliphatic carbocycles. The summed E-state index contributed by atoms with van der Waals surface area (Å²) in [6, 6.07) is 15.2. The van der Waals surface area contributed by atoms with E-state index in [4.69, 9.17) is 0 Å². The first-order valence-corrected chi connectivity index (χ1v) is 7.44. The quantitative estimate of drug-likeness (QED) is 0.792. The molecule has 1 aromatic carbocycles.